The van der Waals surface area contributed by atoms with Crippen LogP contribution in [0.25, 0.3) is 0 Å². The fraction of sp³-hybridized carbons (Fsp3) is 0.273. The second kappa shape index (κ2) is 3.62. The molecule has 0 aliphatic heterocycles. The van der Waals surface area contributed by atoms with Gasteiger partial charge in [-0.05, 0) is 24.6 Å². The summed E-state index contributed by atoms with van der Waals surface area (Å²) in [6.07, 6.45) is 1.51. The van der Waals surface area contributed by atoms with Gasteiger partial charge >= 0.3 is 0 Å². The molecule has 0 radical (unpaired) electrons. The van der Waals surface area contributed by atoms with E-state index >= 15 is 0 Å². The number of methoxy groups -OCH3 is 1. The Balaban J connectivity index is 2.98. The Morgan fingerprint density at radius 3 is 2.31 bits per heavy atom. The molecule has 0 aliphatic carbocycles. The van der Waals surface area contributed by atoms with Crippen molar-refractivity contribution in [3.63, 3.8) is 0 Å². The molecule has 13 heavy (non-hydrogen) atoms. The molecule has 0 saturated carbocycles. The predicted molar refractivity (Wildman–Crippen MR) is 52.8 cm³/mol. The highest BCUT2D eigenvalue weighted by Gasteiger charge is 2.17. The lowest BCUT2D eigenvalue weighted by Crippen LogP contribution is -2.16. The monoisotopic (exact) mass is 178 g/mol. The Bertz CT molecular complexity index is 285. The van der Waals surface area contributed by atoms with Crippen LogP contribution in [0.5, 0.6) is 5.75 Å². The van der Waals surface area contributed by atoms with Gasteiger partial charge in [-0.2, -0.15) is 0 Å². The summed E-state index contributed by atoms with van der Waals surface area (Å²) >= 11 is 0. The van der Waals surface area contributed by atoms with Gasteiger partial charge in [0.1, 0.15) is 11.4 Å². The van der Waals surface area contributed by atoms with Crippen molar-refractivity contribution in [1.29, 1.82) is 0 Å². The fourth-order valence-electron chi connectivity index (χ4n) is 1.05. The normalized spacial score (nSPS) is 14.7. The van der Waals surface area contributed by atoms with Crippen molar-refractivity contribution >= 4 is 0 Å². The maximum atomic E-state index is 9.80. The maximum absolute atomic E-state index is 9.80. The van der Waals surface area contributed by atoms with Gasteiger partial charge < -0.3 is 9.84 Å². The van der Waals surface area contributed by atoms with Crippen molar-refractivity contribution in [2.24, 2.45) is 0 Å². The van der Waals surface area contributed by atoms with Gasteiger partial charge in [0.2, 0.25) is 0 Å². The third-order valence-electron chi connectivity index (χ3n) is 2.07. The summed E-state index contributed by atoms with van der Waals surface area (Å²) in [6, 6.07) is 7.27. The topological polar surface area (TPSA) is 29.5 Å². The average molecular weight is 178 g/mol. The maximum Gasteiger partial charge on any atom is 0.118 e. The first-order chi connectivity index (χ1) is 6.10. The highest BCUT2D eigenvalue weighted by molar-refractivity contribution is 5.32. The van der Waals surface area contributed by atoms with Crippen LogP contribution in [-0.4, -0.2) is 12.2 Å². The lowest BCUT2D eigenvalue weighted by atomic mass is 9.96. The van der Waals surface area contributed by atoms with Crippen molar-refractivity contribution in [1.82, 2.24) is 0 Å². The van der Waals surface area contributed by atoms with Crippen molar-refractivity contribution in [2.45, 2.75) is 12.5 Å². The Hall–Kier alpha value is -1.28. The zero-order valence-electron chi connectivity index (χ0n) is 7.95. The molecule has 0 amide bonds. The summed E-state index contributed by atoms with van der Waals surface area (Å²) in [4.78, 5) is 0. The Labute approximate surface area is 78.5 Å². The van der Waals surface area contributed by atoms with Crippen LogP contribution in [0.2, 0.25) is 0 Å². The van der Waals surface area contributed by atoms with Crippen LogP contribution in [0.15, 0.2) is 36.9 Å². The third kappa shape index (κ3) is 2.10. The molecule has 1 atom stereocenters. The minimum Gasteiger partial charge on any atom is -0.497 e. The van der Waals surface area contributed by atoms with E-state index < -0.39 is 5.60 Å². The lowest BCUT2D eigenvalue weighted by molar-refractivity contribution is 0.111. The molecule has 0 aromatic heterocycles. The number of benzene rings is 1. The first kappa shape index (κ1) is 9.81. The molecule has 1 rings (SSSR count). The molecule has 2 nitrogen and oxygen atoms in total. The minimum atomic E-state index is -0.966. The lowest BCUT2D eigenvalue weighted by Gasteiger charge is -2.18. The van der Waals surface area contributed by atoms with Gasteiger partial charge in [-0.15, -0.1) is 0 Å². The molecule has 0 bridgehead atoms. The average Bonchev–Trinajstić information content (AvgIpc) is 2.18. The van der Waals surface area contributed by atoms with Gasteiger partial charge in [-0.3, -0.25) is 0 Å². The van der Waals surface area contributed by atoms with E-state index in [1.807, 2.05) is 24.3 Å². The van der Waals surface area contributed by atoms with Gasteiger partial charge in [0.05, 0.1) is 7.11 Å². The van der Waals surface area contributed by atoms with Crippen molar-refractivity contribution in [3.8, 4) is 5.75 Å². The van der Waals surface area contributed by atoms with E-state index in [0.717, 1.165) is 11.3 Å². The van der Waals surface area contributed by atoms with Crippen LogP contribution in [0.4, 0.5) is 0 Å². The first-order valence-electron chi connectivity index (χ1n) is 4.10. The summed E-state index contributed by atoms with van der Waals surface area (Å²) < 4.78 is 5.01. The highest BCUT2D eigenvalue weighted by atomic mass is 16.5. The van der Waals surface area contributed by atoms with Crippen molar-refractivity contribution < 1.29 is 9.84 Å². The SMILES string of the molecule is C=CC(C)(O)c1ccc(OC)cc1. The largest absolute Gasteiger partial charge is 0.497 e. The van der Waals surface area contributed by atoms with E-state index in [2.05, 4.69) is 6.58 Å². The zero-order valence-corrected chi connectivity index (χ0v) is 7.95. The fourth-order valence-corrected chi connectivity index (χ4v) is 1.05. The number of aliphatic hydroxyl groups is 1. The third-order valence-corrected chi connectivity index (χ3v) is 2.07. The predicted octanol–water partition coefficient (Wildman–Crippen LogP) is 2.09. The molecule has 0 heterocycles. The molecule has 0 spiro atoms. The van der Waals surface area contributed by atoms with Crippen molar-refractivity contribution in [3.05, 3.63) is 42.5 Å². The number of hydrogen-bond acceptors (Lipinski definition) is 2. The van der Waals surface area contributed by atoms with Gasteiger partial charge in [0, 0.05) is 0 Å². The summed E-state index contributed by atoms with van der Waals surface area (Å²) in [6.45, 7) is 5.27. The van der Waals surface area contributed by atoms with E-state index in [0.29, 0.717) is 0 Å². The minimum absolute atomic E-state index is 0.781. The standard InChI is InChI=1S/C11H14O2/c1-4-11(2,12)9-5-7-10(13-3)8-6-9/h4-8,12H,1H2,2-3H3. The second-order valence-electron chi connectivity index (χ2n) is 3.08. The van der Waals surface area contributed by atoms with E-state index in [1.54, 1.807) is 14.0 Å². The van der Waals surface area contributed by atoms with Crippen LogP contribution >= 0.6 is 0 Å². The van der Waals surface area contributed by atoms with Crippen LogP contribution in [-0.2, 0) is 5.60 Å². The van der Waals surface area contributed by atoms with E-state index in [-0.39, 0.29) is 0 Å². The smallest absolute Gasteiger partial charge is 0.118 e. The molecular formula is C11H14O2. The Morgan fingerprint density at radius 2 is 1.92 bits per heavy atom. The van der Waals surface area contributed by atoms with Crippen LogP contribution < -0.4 is 4.74 Å². The van der Waals surface area contributed by atoms with E-state index in [1.165, 1.54) is 6.08 Å². The quantitative estimate of drug-likeness (QED) is 0.718. The summed E-state index contributed by atoms with van der Waals surface area (Å²) in [5.74, 6) is 0.781. The van der Waals surface area contributed by atoms with Crippen LogP contribution in [0, 0.1) is 0 Å². The summed E-state index contributed by atoms with van der Waals surface area (Å²) in [7, 11) is 1.61. The van der Waals surface area contributed by atoms with Gasteiger partial charge in [0.25, 0.3) is 0 Å². The molecule has 1 unspecified atom stereocenters. The molecule has 2 heteroatoms. The molecular weight excluding hydrogens is 164 g/mol. The van der Waals surface area contributed by atoms with E-state index in [9.17, 15) is 5.11 Å². The van der Waals surface area contributed by atoms with Crippen molar-refractivity contribution in [2.75, 3.05) is 7.11 Å². The molecule has 0 fully saturated rings. The summed E-state index contributed by atoms with van der Waals surface area (Å²) in [5, 5.41) is 9.80. The van der Waals surface area contributed by atoms with Gasteiger partial charge in [-0.25, -0.2) is 0 Å². The van der Waals surface area contributed by atoms with Crippen LogP contribution in [0.3, 0.4) is 0 Å². The first-order valence-corrected chi connectivity index (χ1v) is 4.10. The molecule has 0 saturated heterocycles. The molecule has 0 aliphatic rings. The second-order valence-corrected chi connectivity index (χ2v) is 3.08. The van der Waals surface area contributed by atoms with Crippen LogP contribution in [0.1, 0.15) is 12.5 Å². The number of hydrogen-bond donors (Lipinski definition) is 1. The van der Waals surface area contributed by atoms with Gasteiger partial charge in [-0.1, -0.05) is 24.8 Å². The van der Waals surface area contributed by atoms with Gasteiger partial charge in [0.15, 0.2) is 0 Å². The highest BCUT2D eigenvalue weighted by Crippen LogP contribution is 2.23. The molecule has 1 N–H and O–H groups in total. The number of rotatable bonds is 3. The molecule has 1 aromatic carbocycles. The van der Waals surface area contributed by atoms with E-state index in [4.69, 9.17) is 4.74 Å². The Morgan fingerprint density at radius 1 is 1.38 bits per heavy atom. The Kier molecular flexibility index (Phi) is 2.73. The number of ether oxygens (including phenoxy) is 1. The molecule has 70 valence electrons. The zero-order chi connectivity index (χ0) is 9.90. The summed E-state index contributed by atoms with van der Waals surface area (Å²) in [5.41, 5.74) is -0.157. The molecule has 1 aromatic rings.